The monoisotopic (exact) mass is 322 g/mol. The van der Waals surface area contributed by atoms with Crippen LogP contribution in [0.1, 0.15) is 12.8 Å². The van der Waals surface area contributed by atoms with Gasteiger partial charge in [0.25, 0.3) is 0 Å². The van der Waals surface area contributed by atoms with E-state index in [0.29, 0.717) is 10.0 Å². The summed E-state index contributed by atoms with van der Waals surface area (Å²) in [6.07, 6.45) is -0.420. The average molecular weight is 322 g/mol. The summed E-state index contributed by atoms with van der Waals surface area (Å²) in [5.41, 5.74) is 0. The molecule has 0 aromatic heterocycles. The van der Waals surface area contributed by atoms with E-state index in [1.54, 1.807) is 0 Å². The second-order valence-electron chi connectivity index (χ2n) is 4.04. The van der Waals surface area contributed by atoms with Crippen LogP contribution in [0, 0.1) is 20.2 Å². The van der Waals surface area contributed by atoms with Crippen LogP contribution >= 0.6 is 0 Å². The topological polar surface area (TPSA) is 145 Å². The third-order valence-electron chi connectivity index (χ3n) is 2.68. The molecule has 12 nitrogen and oxygen atoms in total. The van der Waals surface area contributed by atoms with Gasteiger partial charge in [-0.2, -0.15) is 0 Å². The number of nitrogens with zero attached hydrogens (tertiary/aromatic N) is 4. The van der Waals surface area contributed by atoms with Crippen LogP contribution in [0.4, 0.5) is 0 Å². The second-order valence-corrected chi connectivity index (χ2v) is 4.04. The normalized spacial score (nSPS) is 9.73. The molecule has 0 N–H and O–H groups in total. The van der Waals surface area contributed by atoms with Gasteiger partial charge in [-0.25, -0.2) is 20.2 Å². The van der Waals surface area contributed by atoms with Gasteiger partial charge in [0.2, 0.25) is 0 Å². The quantitative estimate of drug-likeness (QED) is 0.266. The van der Waals surface area contributed by atoms with E-state index < -0.39 is 22.0 Å². The van der Waals surface area contributed by atoms with Crippen molar-refractivity contribution in [3.05, 3.63) is 20.2 Å². The molecular weight excluding hydrogens is 304 g/mol. The summed E-state index contributed by atoms with van der Waals surface area (Å²) >= 11 is 0. The van der Waals surface area contributed by atoms with Crippen LogP contribution in [0.3, 0.4) is 0 Å². The lowest BCUT2D eigenvalue weighted by Crippen LogP contribution is -2.42. The largest absolute Gasteiger partial charge is 0.469 e. The second kappa shape index (κ2) is 10.1. The average Bonchev–Trinajstić information content (AvgIpc) is 2.48. The number of hydrogen-bond donors (Lipinski definition) is 0. The minimum Gasteiger partial charge on any atom is -0.469 e. The van der Waals surface area contributed by atoms with Crippen molar-refractivity contribution in [3.8, 4) is 0 Å². The van der Waals surface area contributed by atoms with Gasteiger partial charge >= 0.3 is 11.9 Å². The molecule has 0 spiro atoms. The van der Waals surface area contributed by atoms with E-state index in [1.165, 1.54) is 0 Å². The fourth-order valence-electron chi connectivity index (χ4n) is 1.43. The molecule has 0 aliphatic heterocycles. The molecule has 0 saturated carbocycles. The van der Waals surface area contributed by atoms with Crippen molar-refractivity contribution < 1.29 is 29.1 Å². The first kappa shape index (κ1) is 19.3. The Bertz CT molecular complexity index is 378. The zero-order valence-electron chi connectivity index (χ0n) is 12.3. The standard InChI is InChI=1S/C10H18N4O8/c1-21-9(15)3-5-11(13(17)18)7-8-12(14(19)20)6-4-10(16)22-2/h3-8H2,1-2H3. The van der Waals surface area contributed by atoms with Gasteiger partial charge in [-0.1, -0.05) is 0 Å². The van der Waals surface area contributed by atoms with E-state index in [1.807, 2.05) is 0 Å². The summed E-state index contributed by atoms with van der Waals surface area (Å²) in [6.45, 7) is -1.04. The van der Waals surface area contributed by atoms with Crippen LogP contribution in [-0.4, -0.2) is 72.4 Å². The first-order chi connectivity index (χ1) is 10.3. The van der Waals surface area contributed by atoms with Gasteiger partial charge in [0.05, 0.1) is 40.2 Å². The van der Waals surface area contributed by atoms with Crippen LogP contribution < -0.4 is 0 Å². The number of rotatable bonds is 11. The number of hydrogen-bond acceptors (Lipinski definition) is 8. The van der Waals surface area contributed by atoms with Crippen molar-refractivity contribution in [2.45, 2.75) is 12.8 Å². The smallest absolute Gasteiger partial charge is 0.307 e. The minimum absolute atomic E-state index is 0.210. The maximum atomic E-state index is 11.0. The summed E-state index contributed by atoms with van der Waals surface area (Å²) in [6, 6.07) is 0. The lowest BCUT2D eigenvalue weighted by Gasteiger charge is -2.17. The number of nitro groups is 2. The Morgan fingerprint density at radius 2 is 1.14 bits per heavy atom. The molecule has 22 heavy (non-hydrogen) atoms. The lowest BCUT2D eigenvalue weighted by molar-refractivity contribution is -0.673. The molecule has 0 bridgehead atoms. The molecule has 126 valence electrons. The van der Waals surface area contributed by atoms with Gasteiger partial charge < -0.3 is 9.47 Å². The van der Waals surface area contributed by atoms with Crippen LogP contribution in [0.5, 0.6) is 0 Å². The van der Waals surface area contributed by atoms with E-state index in [2.05, 4.69) is 9.47 Å². The minimum atomic E-state index is -0.749. The van der Waals surface area contributed by atoms with Crippen LogP contribution in [-0.2, 0) is 19.1 Å². The zero-order valence-corrected chi connectivity index (χ0v) is 12.3. The van der Waals surface area contributed by atoms with Gasteiger partial charge in [0, 0.05) is 0 Å². The number of methoxy groups -OCH3 is 2. The first-order valence-electron chi connectivity index (χ1n) is 6.24. The Morgan fingerprint density at radius 1 is 0.818 bits per heavy atom. The molecule has 12 heteroatoms. The number of esters is 2. The summed E-state index contributed by atoms with van der Waals surface area (Å²) in [7, 11) is 2.31. The van der Waals surface area contributed by atoms with Crippen molar-refractivity contribution in [2.75, 3.05) is 40.4 Å². The lowest BCUT2D eigenvalue weighted by atomic mass is 10.4. The Hall–Kier alpha value is -2.66. The summed E-state index contributed by atoms with van der Waals surface area (Å²) in [5.74, 6) is -1.24. The van der Waals surface area contributed by atoms with Crippen molar-refractivity contribution >= 4 is 11.9 Å². The highest BCUT2D eigenvalue weighted by molar-refractivity contribution is 5.69. The van der Waals surface area contributed by atoms with Crippen molar-refractivity contribution in [1.82, 2.24) is 10.0 Å². The molecular formula is C10H18N4O8. The van der Waals surface area contributed by atoms with Crippen LogP contribution in [0.25, 0.3) is 0 Å². The van der Waals surface area contributed by atoms with Crippen molar-refractivity contribution in [1.29, 1.82) is 0 Å². The van der Waals surface area contributed by atoms with Gasteiger partial charge in [-0.3, -0.25) is 9.59 Å². The van der Waals surface area contributed by atoms with Gasteiger partial charge in [-0.15, -0.1) is 10.0 Å². The van der Waals surface area contributed by atoms with Crippen molar-refractivity contribution in [3.63, 3.8) is 0 Å². The van der Waals surface area contributed by atoms with Crippen LogP contribution in [0.15, 0.2) is 0 Å². The number of hydrazine groups is 2. The Kier molecular flexibility index (Phi) is 8.90. The molecule has 0 aliphatic carbocycles. The highest BCUT2D eigenvalue weighted by Crippen LogP contribution is 1.99. The highest BCUT2D eigenvalue weighted by atomic mass is 16.7. The molecule has 0 aromatic carbocycles. The maximum absolute atomic E-state index is 11.0. The Morgan fingerprint density at radius 3 is 1.36 bits per heavy atom. The number of carbonyl (C=O) groups excluding carboxylic acids is 2. The van der Waals surface area contributed by atoms with Gasteiger partial charge in [0.15, 0.2) is 10.1 Å². The molecule has 0 atom stereocenters. The SMILES string of the molecule is COC(=O)CCN(CCN(CCC(=O)OC)[N+](=O)[O-])[N+](=O)[O-]. The van der Waals surface area contributed by atoms with Crippen LogP contribution in [0.2, 0.25) is 0 Å². The molecule has 0 rings (SSSR count). The van der Waals surface area contributed by atoms with E-state index in [-0.39, 0.29) is 39.0 Å². The van der Waals surface area contributed by atoms with Crippen molar-refractivity contribution in [2.24, 2.45) is 0 Å². The number of ether oxygens (including phenoxy) is 2. The van der Waals surface area contributed by atoms with E-state index in [0.717, 1.165) is 14.2 Å². The molecule has 0 radical (unpaired) electrons. The first-order valence-corrected chi connectivity index (χ1v) is 6.24. The summed E-state index contributed by atoms with van der Waals surface area (Å²) in [5, 5.41) is 21.5. The van der Waals surface area contributed by atoms with E-state index in [4.69, 9.17) is 0 Å². The van der Waals surface area contributed by atoms with Gasteiger partial charge in [-0.05, 0) is 0 Å². The third kappa shape index (κ3) is 7.81. The molecule has 0 unspecified atom stereocenters. The zero-order chi connectivity index (χ0) is 17.1. The molecule has 0 aromatic rings. The molecule has 0 aliphatic rings. The maximum Gasteiger partial charge on any atom is 0.307 e. The summed E-state index contributed by atoms with van der Waals surface area (Å²) < 4.78 is 8.73. The predicted octanol–water partition coefficient (Wildman–Crippen LogP) is -0.900. The fraction of sp³-hybridized carbons (Fsp3) is 0.800. The number of carbonyl (C=O) groups is 2. The van der Waals surface area contributed by atoms with E-state index in [9.17, 15) is 29.8 Å². The Balaban J connectivity index is 4.44. The molecule has 0 saturated heterocycles. The molecule has 0 heterocycles. The van der Waals surface area contributed by atoms with E-state index >= 15 is 0 Å². The molecule has 0 fully saturated rings. The Labute approximate surface area is 125 Å². The summed E-state index contributed by atoms with van der Waals surface area (Å²) in [4.78, 5) is 43.5. The third-order valence-corrected chi connectivity index (χ3v) is 2.68. The fourth-order valence-corrected chi connectivity index (χ4v) is 1.43. The highest BCUT2D eigenvalue weighted by Gasteiger charge is 2.22. The van der Waals surface area contributed by atoms with Gasteiger partial charge in [0.1, 0.15) is 13.1 Å². The predicted molar refractivity (Wildman–Crippen MR) is 70.4 cm³/mol. The molecule has 0 amide bonds.